The highest BCUT2D eigenvalue weighted by Gasteiger charge is 2.13. The molecule has 1 amide bonds. The van der Waals surface area contributed by atoms with Crippen molar-refractivity contribution in [2.45, 2.75) is 36.9 Å². The average Bonchev–Trinajstić information content (AvgIpc) is 2.91. The Labute approximate surface area is 169 Å². The van der Waals surface area contributed by atoms with E-state index in [0.717, 1.165) is 22.1 Å². The summed E-state index contributed by atoms with van der Waals surface area (Å²) in [5.74, 6) is 0.190. The van der Waals surface area contributed by atoms with Crippen LogP contribution in [0, 0.1) is 13.8 Å². The molecule has 0 aliphatic carbocycles. The number of primary sulfonamides is 1. The molecule has 0 fully saturated rings. The summed E-state index contributed by atoms with van der Waals surface area (Å²) in [6.45, 7) is 5.69. The second-order valence-corrected chi connectivity index (χ2v) is 8.79. The number of hydrogen-bond donors (Lipinski definition) is 2. The highest BCUT2D eigenvalue weighted by Crippen LogP contribution is 2.21. The first-order valence-corrected chi connectivity index (χ1v) is 11.3. The lowest BCUT2D eigenvalue weighted by Gasteiger charge is -2.09. The molecule has 1 heterocycles. The van der Waals surface area contributed by atoms with Gasteiger partial charge in [0.2, 0.25) is 15.9 Å². The van der Waals surface area contributed by atoms with Crippen LogP contribution < -0.4 is 10.5 Å². The van der Waals surface area contributed by atoms with Crippen LogP contribution in [-0.4, -0.2) is 49.9 Å². The van der Waals surface area contributed by atoms with Crippen molar-refractivity contribution >= 4 is 27.7 Å². The minimum absolute atomic E-state index is 0.0752. The molecule has 0 saturated heterocycles. The number of nitrogens with two attached hydrogens (primary N) is 1. The molecule has 0 saturated carbocycles. The molecular formula is C18H26N4O4S2. The van der Waals surface area contributed by atoms with Crippen LogP contribution in [0.15, 0.2) is 34.3 Å². The minimum atomic E-state index is -3.69. The van der Waals surface area contributed by atoms with Crippen LogP contribution in [0.4, 0.5) is 0 Å². The summed E-state index contributed by atoms with van der Waals surface area (Å²) >= 11 is 1.40. The van der Waals surface area contributed by atoms with Gasteiger partial charge in [0.05, 0.1) is 22.9 Å². The summed E-state index contributed by atoms with van der Waals surface area (Å²) in [7, 11) is -2.03. The van der Waals surface area contributed by atoms with E-state index in [4.69, 9.17) is 9.88 Å². The van der Waals surface area contributed by atoms with E-state index < -0.39 is 10.0 Å². The molecule has 28 heavy (non-hydrogen) atoms. The molecule has 0 unspecified atom stereocenters. The fraction of sp³-hybridized carbons (Fsp3) is 0.444. The van der Waals surface area contributed by atoms with Gasteiger partial charge in [0.1, 0.15) is 0 Å². The zero-order valence-electron chi connectivity index (χ0n) is 16.3. The number of nitrogens with one attached hydrogen (secondary N) is 1. The first kappa shape index (κ1) is 22.4. The van der Waals surface area contributed by atoms with Gasteiger partial charge in [-0.2, -0.15) is 0 Å². The van der Waals surface area contributed by atoms with E-state index in [2.05, 4.69) is 14.9 Å². The third kappa shape index (κ3) is 6.33. The standard InChI is InChI=1S/C18H26N4O4S2/c1-13-14(2)22(10-11-26-3)18(21-13)27-12-17(23)20-9-8-15-4-6-16(7-5-15)28(19,24)25/h4-7H,8-12H2,1-3H3,(H,20,23)(H2,19,24,25). The van der Waals surface area contributed by atoms with Crippen molar-refractivity contribution in [3.8, 4) is 0 Å². The molecule has 0 atom stereocenters. The molecule has 3 N–H and O–H groups in total. The Hall–Kier alpha value is -1.88. The molecule has 2 aromatic rings. The largest absolute Gasteiger partial charge is 0.383 e. The minimum Gasteiger partial charge on any atom is -0.383 e. The molecule has 1 aromatic carbocycles. The van der Waals surface area contributed by atoms with Gasteiger partial charge in [-0.3, -0.25) is 4.79 Å². The first-order chi connectivity index (χ1) is 13.2. The second kappa shape index (κ2) is 10.1. The first-order valence-electron chi connectivity index (χ1n) is 8.76. The fourth-order valence-electron chi connectivity index (χ4n) is 2.55. The topological polar surface area (TPSA) is 116 Å². The number of sulfonamides is 1. The number of hydrogen-bond acceptors (Lipinski definition) is 6. The van der Waals surface area contributed by atoms with Crippen molar-refractivity contribution in [2.24, 2.45) is 5.14 Å². The lowest BCUT2D eigenvalue weighted by Crippen LogP contribution is -2.27. The number of thioether (sulfide) groups is 1. The van der Waals surface area contributed by atoms with Crippen LogP contribution in [0.2, 0.25) is 0 Å². The van der Waals surface area contributed by atoms with Gasteiger partial charge in [0.25, 0.3) is 0 Å². The van der Waals surface area contributed by atoms with E-state index in [1.807, 2.05) is 13.8 Å². The maximum absolute atomic E-state index is 12.1. The third-order valence-electron chi connectivity index (χ3n) is 4.26. The highest BCUT2D eigenvalue weighted by molar-refractivity contribution is 7.99. The average molecular weight is 427 g/mol. The van der Waals surface area contributed by atoms with Gasteiger partial charge in [0, 0.05) is 25.9 Å². The summed E-state index contributed by atoms with van der Waals surface area (Å²) in [5, 5.41) is 8.75. The van der Waals surface area contributed by atoms with Crippen molar-refractivity contribution in [2.75, 3.05) is 26.0 Å². The van der Waals surface area contributed by atoms with Crippen LogP contribution in [0.5, 0.6) is 0 Å². The fourth-order valence-corrected chi connectivity index (χ4v) is 4.02. The molecule has 0 radical (unpaired) electrons. The van der Waals surface area contributed by atoms with Gasteiger partial charge in [-0.15, -0.1) is 0 Å². The quantitative estimate of drug-likeness (QED) is 0.552. The molecular weight excluding hydrogens is 400 g/mol. The number of imidazole rings is 1. The number of benzene rings is 1. The monoisotopic (exact) mass is 426 g/mol. The Morgan fingerprint density at radius 1 is 1.29 bits per heavy atom. The number of ether oxygens (including phenoxy) is 1. The molecule has 154 valence electrons. The highest BCUT2D eigenvalue weighted by atomic mass is 32.2. The number of rotatable bonds is 10. The van der Waals surface area contributed by atoms with E-state index in [9.17, 15) is 13.2 Å². The van der Waals surface area contributed by atoms with E-state index in [0.29, 0.717) is 26.1 Å². The number of amides is 1. The van der Waals surface area contributed by atoms with Gasteiger partial charge >= 0.3 is 0 Å². The van der Waals surface area contributed by atoms with Crippen LogP contribution in [0.1, 0.15) is 17.0 Å². The molecule has 0 bridgehead atoms. The smallest absolute Gasteiger partial charge is 0.238 e. The zero-order chi connectivity index (χ0) is 20.7. The van der Waals surface area contributed by atoms with E-state index in [1.165, 1.54) is 23.9 Å². The normalized spacial score (nSPS) is 11.6. The molecule has 0 aliphatic rings. The summed E-state index contributed by atoms with van der Waals surface area (Å²) in [6, 6.07) is 6.32. The van der Waals surface area contributed by atoms with Gasteiger partial charge in [-0.25, -0.2) is 18.5 Å². The van der Waals surface area contributed by atoms with Crippen LogP contribution in [0.25, 0.3) is 0 Å². The van der Waals surface area contributed by atoms with Crippen molar-refractivity contribution < 1.29 is 17.9 Å². The van der Waals surface area contributed by atoms with Crippen molar-refractivity contribution in [1.82, 2.24) is 14.9 Å². The second-order valence-electron chi connectivity index (χ2n) is 6.29. The van der Waals surface area contributed by atoms with Gasteiger partial charge in [-0.1, -0.05) is 23.9 Å². The van der Waals surface area contributed by atoms with Crippen LogP contribution in [0.3, 0.4) is 0 Å². The zero-order valence-corrected chi connectivity index (χ0v) is 17.9. The van der Waals surface area contributed by atoms with Crippen molar-refractivity contribution in [3.63, 3.8) is 0 Å². The Morgan fingerprint density at radius 2 is 1.96 bits per heavy atom. The van der Waals surface area contributed by atoms with Crippen LogP contribution in [-0.2, 0) is 32.5 Å². The molecule has 1 aromatic heterocycles. The van der Waals surface area contributed by atoms with E-state index in [-0.39, 0.29) is 16.6 Å². The maximum atomic E-state index is 12.1. The number of methoxy groups -OCH3 is 1. The van der Waals surface area contributed by atoms with Crippen molar-refractivity contribution in [1.29, 1.82) is 0 Å². The Kier molecular flexibility index (Phi) is 8.05. The van der Waals surface area contributed by atoms with Crippen molar-refractivity contribution in [3.05, 3.63) is 41.2 Å². The molecule has 2 rings (SSSR count). The lowest BCUT2D eigenvalue weighted by molar-refractivity contribution is -0.118. The Bertz CT molecular complexity index is 908. The summed E-state index contributed by atoms with van der Waals surface area (Å²) in [4.78, 5) is 16.7. The number of aryl methyl sites for hydroxylation is 1. The summed E-state index contributed by atoms with van der Waals surface area (Å²) in [5.41, 5.74) is 2.94. The molecule has 8 nitrogen and oxygen atoms in total. The predicted molar refractivity (Wildman–Crippen MR) is 109 cm³/mol. The SMILES string of the molecule is COCCn1c(SCC(=O)NCCc2ccc(S(N)(=O)=O)cc2)nc(C)c1C. The maximum Gasteiger partial charge on any atom is 0.238 e. The predicted octanol–water partition coefficient (Wildman–Crippen LogP) is 1.24. The van der Waals surface area contributed by atoms with Gasteiger partial charge < -0.3 is 14.6 Å². The number of carbonyl (C=O) groups excluding carboxylic acids is 1. The number of nitrogens with zero attached hydrogens (tertiary/aromatic N) is 2. The van der Waals surface area contributed by atoms with E-state index in [1.54, 1.807) is 19.2 Å². The van der Waals surface area contributed by atoms with Crippen LogP contribution >= 0.6 is 11.8 Å². The molecule has 0 aliphatic heterocycles. The third-order valence-corrected chi connectivity index (χ3v) is 6.17. The van der Waals surface area contributed by atoms with Gasteiger partial charge in [-0.05, 0) is 38.0 Å². The van der Waals surface area contributed by atoms with Gasteiger partial charge in [0.15, 0.2) is 5.16 Å². The lowest BCUT2D eigenvalue weighted by atomic mass is 10.1. The summed E-state index contributed by atoms with van der Waals surface area (Å²) < 4.78 is 29.7. The Balaban J connectivity index is 1.81. The Morgan fingerprint density at radius 3 is 2.57 bits per heavy atom. The molecule has 10 heteroatoms. The van der Waals surface area contributed by atoms with E-state index >= 15 is 0 Å². The summed E-state index contributed by atoms with van der Waals surface area (Å²) in [6.07, 6.45) is 0.599. The number of carbonyl (C=O) groups is 1. The number of aromatic nitrogens is 2. The molecule has 0 spiro atoms.